The second-order valence-electron chi connectivity index (χ2n) is 12.8. The lowest BCUT2D eigenvalue weighted by Crippen LogP contribution is -2.31. The molecule has 3 N–H and O–H groups in total. The topological polar surface area (TPSA) is 157 Å². The second-order valence-corrected chi connectivity index (χ2v) is 12.8. The highest BCUT2D eigenvalue weighted by Crippen LogP contribution is 2.35. The molecule has 6 rings (SSSR count). The van der Waals surface area contributed by atoms with Gasteiger partial charge in [-0.25, -0.2) is 23.1 Å². The Morgan fingerprint density at radius 3 is 2.48 bits per heavy atom. The predicted molar refractivity (Wildman–Crippen MR) is 178 cm³/mol. The van der Waals surface area contributed by atoms with Crippen molar-refractivity contribution >= 4 is 35.0 Å². The molecule has 0 fully saturated rings. The van der Waals surface area contributed by atoms with Crippen LogP contribution in [0.2, 0.25) is 0 Å². The number of amides is 3. The van der Waals surface area contributed by atoms with Crippen molar-refractivity contribution in [3.05, 3.63) is 124 Å². The van der Waals surface area contributed by atoms with E-state index in [1.54, 1.807) is 51.2 Å². The molecule has 3 aromatic heterocycles. The summed E-state index contributed by atoms with van der Waals surface area (Å²) < 4.78 is 33.9. The third-order valence-electron chi connectivity index (χ3n) is 8.16. The zero-order valence-electron chi connectivity index (χ0n) is 27.6. The summed E-state index contributed by atoms with van der Waals surface area (Å²) in [7, 11) is 0. The van der Waals surface area contributed by atoms with Crippen molar-refractivity contribution in [2.24, 2.45) is 0 Å². The van der Waals surface area contributed by atoms with Gasteiger partial charge in [0.1, 0.15) is 22.6 Å². The van der Waals surface area contributed by atoms with Crippen LogP contribution in [-0.2, 0) is 17.7 Å². The molecule has 0 spiro atoms. The largest absolute Gasteiger partial charge is 0.456 e. The molecule has 50 heavy (non-hydrogen) atoms. The molecule has 1 aliphatic carbocycles. The fourth-order valence-corrected chi connectivity index (χ4v) is 5.78. The molecule has 1 atom stereocenters. The van der Waals surface area contributed by atoms with Crippen LogP contribution in [0.5, 0.6) is 0 Å². The van der Waals surface area contributed by atoms with Crippen molar-refractivity contribution in [2.45, 2.75) is 58.7 Å². The molecular weight excluding hydrogens is 648 g/mol. The number of anilines is 1. The van der Waals surface area contributed by atoms with Gasteiger partial charge in [0.2, 0.25) is 0 Å². The van der Waals surface area contributed by atoms with E-state index in [2.05, 4.69) is 31.0 Å². The average molecular weight is 682 g/mol. The number of carbonyl (C=O) groups excluding carboxylic acids is 4. The maximum atomic E-state index is 13.9. The molecule has 2 aromatic carbocycles. The normalized spacial score (nSPS) is 13.8. The molecule has 3 amide bonds. The first-order valence-corrected chi connectivity index (χ1v) is 15.8. The van der Waals surface area contributed by atoms with Gasteiger partial charge in [0, 0.05) is 18.8 Å². The Labute approximate surface area is 285 Å². The van der Waals surface area contributed by atoms with Crippen LogP contribution < -0.4 is 16.0 Å². The number of pyridine rings is 1. The molecule has 5 aromatic rings. The predicted octanol–water partition coefficient (Wildman–Crippen LogP) is 5.27. The summed E-state index contributed by atoms with van der Waals surface area (Å²) in [5.74, 6) is -4.45. The SMILES string of the molecule is Cc1c(C(=O)OC(C)(C)C)ccc2c1CC[C@@H]2NC(=O)c1cc(C(=O)NCc2ccc(F)c(F)c2)nc2c(C(=O)Nc3cccnc3)cnn12. The Morgan fingerprint density at radius 2 is 1.76 bits per heavy atom. The average Bonchev–Trinajstić information content (AvgIpc) is 3.69. The highest BCUT2D eigenvalue weighted by molar-refractivity contribution is 6.09. The highest BCUT2D eigenvalue weighted by Gasteiger charge is 2.30. The smallest absolute Gasteiger partial charge is 0.338 e. The van der Waals surface area contributed by atoms with Crippen LogP contribution in [0.1, 0.15) is 97.2 Å². The first-order valence-electron chi connectivity index (χ1n) is 15.8. The number of nitrogens with one attached hydrogen (secondary N) is 3. The summed E-state index contributed by atoms with van der Waals surface area (Å²) in [4.78, 5) is 61.8. The van der Waals surface area contributed by atoms with E-state index in [0.717, 1.165) is 28.8 Å². The number of carbonyl (C=O) groups is 4. The van der Waals surface area contributed by atoms with Gasteiger partial charge < -0.3 is 20.7 Å². The minimum atomic E-state index is -1.07. The van der Waals surface area contributed by atoms with E-state index in [-0.39, 0.29) is 29.1 Å². The number of nitrogens with zero attached hydrogens (tertiary/aromatic N) is 4. The van der Waals surface area contributed by atoms with Gasteiger partial charge in [0.05, 0.1) is 29.7 Å². The molecule has 0 saturated heterocycles. The number of fused-ring (bicyclic) bond motifs is 2. The molecule has 3 heterocycles. The molecule has 0 radical (unpaired) electrons. The number of benzene rings is 2. The Bertz CT molecular complexity index is 2160. The van der Waals surface area contributed by atoms with Gasteiger partial charge in [-0.15, -0.1) is 0 Å². The molecule has 0 bridgehead atoms. The lowest BCUT2D eigenvalue weighted by molar-refractivity contribution is 0.00682. The maximum absolute atomic E-state index is 13.9. The lowest BCUT2D eigenvalue weighted by atomic mass is 9.97. The third kappa shape index (κ3) is 7.04. The third-order valence-corrected chi connectivity index (χ3v) is 8.16. The molecule has 1 aliphatic rings. The highest BCUT2D eigenvalue weighted by atomic mass is 19.2. The van der Waals surface area contributed by atoms with Gasteiger partial charge in [-0.3, -0.25) is 19.4 Å². The lowest BCUT2D eigenvalue weighted by Gasteiger charge is -2.21. The van der Waals surface area contributed by atoms with Crippen molar-refractivity contribution < 1.29 is 32.7 Å². The Hall–Kier alpha value is -6.05. The van der Waals surface area contributed by atoms with Crippen molar-refractivity contribution in [2.75, 3.05) is 5.32 Å². The van der Waals surface area contributed by atoms with Crippen LogP contribution in [0, 0.1) is 18.6 Å². The fraction of sp³-hybridized carbons (Fsp3) is 0.250. The van der Waals surface area contributed by atoms with E-state index < -0.39 is 47.0 Å². The van der Waals surface area contributed by atoms with Gasteiger partial charge in [-0.05, 0) is 93.1 Å². The molecule has 0 saturated carbocycles. The summed E-state index contributed by atoms with van der Waals surface area (Å²) in [6, 6.07) is 10.8. The number of hydrogen-bond donors (Lipinski definition) is 3. The van der Waals surface area contributed by atoms with Crippen LogP contribution in [0.15, 0.2) is 67.1 Å². The van der Waals surface area contributed by atoms with Crippen LogP contribution in [-0.4, -0.2) is 48.9 Å². The van der Waals surface area contributed by atoms with Crippen LogP contribution in [0.4, 0.5) is 14.5 Å². The van der Waals surface area contributed by atoms with Crippen molar-refractivity contribution in [1.29, 1.82) is 0 Å². The minimum Gasteiger partial charge on any atom is -0.456 e. The van der Waals surface area contributed by atoms with E-state index in [9.17, 15) is 28.0 Å². The second kappa shape index (κ2) is 13.5. The number of hydrogen-bond acceptors (Lipinski definition) is 8. The number of rotatable bonds is 8. The number of esters is 1. The zero-order chi connectivity index (χ0) is 35.7. The summed E-state index contributed by atoms with van der Waals surface area (Å²) >= 11 is 0. The molecule has 14 heteroatoms. The summed E-state index contributed by atoms with van der Waals surface area (Å²) in [5.41, 5.74) is 2.66. The first kappa shape index (κ1) is 33.8. The van der Waals surface area contributed by atoms with E-state index in [4.69, 9.17) is 4.74 Å². The van der Waals surface area contributed by atoms with E-state index in [1.165, 1.54) is 29.0 Å². The van der Waals surface area contributed by atoms with Crippen LogP contribution in [0.25, 0.3) is 5.65 Å². The molecule has 0 aliphatic heterocycles. The number of halogens is 2. The standard InChI is InChI=1S/C36H33F2N7O5/c1-19-22-10-12-28(24(22)9-8-23(19)35(49)50-36(2,3)4)44-34(48)30-15-29(33(47)40-16-20-7-11-26(37)27(38)14-20)43-31-25(18-41-45(30)31)32(46)42-21-6-5-13-39-17-21/h5-9,11,13-15,17-18,28H,10,12,16H2,1-4H3,(H,40,47)(H,42,46)(H,44,48)/t28-/m0/s1. The maximum Gasteiger partial charge on any atom is 0.338 e. The molecule has 256 valence electrons. The van der Waals surface area contributed by atoms with Gasteiger partial charge in [-0.1, -0.05) is 12.1 Å². The van der Waals surface area contributed by atoms with E-state index in [0.29, 0.717) is 29.7 Å². The minimum absolute atomic E-state index is 0.0188. The van der Waals surface area contributed by atoms with E-state index >= 15 is 0 Å². The summed E-state index contributed by atoms with van der Waals surface area (Å²) in [5, 5.41) is 12.6. The quantitative estimate of drug-likeness (QED) is 0.187. The van der Waals surface area contributed by atoms with Gasteiger partial charge >= 0.3 is 5.97 Å². The summed E-state index contributed by atoms with van der Waals surface area (Å²) in [6.07, 6.45) is 5.39. The Kier molecular flexibility index (Phi) is 9.11. The first-order chi connectivity index (χ1) is 23.8. The van der Waals surface area contributed by atoms with Gasteiger partial charge in [0.15, 0.2) is 17.3 Å². The van der Waals surface area contributed by atoms with Crippen molar-refractivity contribution in [3.8, 4) is 0 Å². The Balaban J connectivity index is 1.31. The summed E-state index contributed by atoms with van der Waals surface area (Å²) in [6.45, 7) is 7.08. The molecule has 12 nitrogen and oxygen atoms in total. The monoisotopic (exact) mass is 681 g/mol. The number of ether oxygens (including phenoxy) is 1. The van der Waals surface area contributed by atoms with Crippen LogP contribution >= 0.6 is 0 Å². The fourth-order valence-electron chi connectivity index (χ4n) is 5.78. The van der Waals surface area contributed by atoms with Crippen molar-refractivity contribution in [3.63, 3.8) is 0 Å². The van der Waals surface area contributed by atoms with Crippen molar-refractivity contribution in [1.82, 2.24) is 30.2 Å². The Morgan fingerprint density at radius 1 is 0.960 bits per heavy atom. The van der Waals surface area contributed by atoms with Gasteiger partial charge in [0.25, 0.3) is 17.7 Å². The van der Waals surface area contributed by atoms with Crippen LogP contribution in [0.3, 0.4) is 0 Å². The zero-order valence-corrected chi connectivity index (χ0v) is 27.6. The van der Waals surface area contributed by atoms with E-state index in [1.807, 2.05) is 6.92 Å². The number of aromatic nitrogens is 4. The molecule has 0 unspecified atom stereocenters. The van der Waals surface area contributed by atoms with Gasteiger partial charge in [-0.2, -0.15) is 5.10 Å². The molecular formula is C36H33F2N7O5.